The van der Waals surface area contributed by atoms with Gasteiger partial charge in [-0.3, -0.25) is 0 Å². The fraction of sp³-hybridized carbons (Fsp3) is 0.462. The van der Waals surface area contributed by atoms with E-state index in [-0.39, 0.29) is 6.61 Å². The second-order valence-electron chi connectivity index (χ2n) is 4.23. The van der Waals surface area contributed by atoms with Crippen molar-refractivity contribution in [3.63, 3.8) is 0 Å². The number of ether oxygens (including phenoxy) is 1. The number of hydrogen-bond acceptors (Lipinski definition) is 5. The van der Waals surface area contributed by atoms with E-state index < -0.39 is 30.9 Å². The van der Waals surface area contributed by atoms with Crippen LogP contribution in [0.2, 0.25) is 0 Å². The van der Waals surface area contributed by atoms with Crippen LogP contribution in [0.5, 0.6) is 0 Å². The summed E-state index contributed by atoms with van der Waals surface area (Å²) in [5, 5.41) is 30.1. The molecular weight excluding hydrogens is 250 g/mol. The Hall–Kier alpha value is -1.63. The van der Waals surface area contributed by atoms with Gasteiger partial charge in [0, 0.05) is 0 Å². The number of nitrogens with one attached hydrogen (secondary N) is 1. The molecule has 1 aromatic rings. The van der Waals surface area contributed by atoms with Gasteiger partial charge in [-0.05, 0) is 12.5 Å². The van der Waals surface area contributed by atoms with Gasteiger partial charge in [0.05, 0.1) is 18.8 Å². The molecule has 0 fully saturated rings. The summed E-state index contributed by atoms with van der Waals surface area (Å²) in [6, 6.07) is 8.14. The molecule has 0 aliphatic heterocycles. The van der Waals surface area contributed by atoms with Gasteiger partial charge in [0.25, 0.3) is 0 Å². The summed E-state index contributed by atoms with van der Waals surface area (Å²) in [4.78, 5) is 11.5. The van der Waals surface area contributed by atoms with Crippen LogP contribution in [0.25, 0.3) is 0 Å². The zero-order valence-electron chi connectivity index (χ0n) is 10.7. The van der Waals surface area contributed by atoms with Gasteiger partial charge in [0.1, 0.15) is 12.7 Å². The third-order valence-corrected chi connectivity index (χ3v) is 2.62. The molecular formula is C13H19NO5. The predicted octanol–water partition coefficient (Wildman–Crippen LogP) is 0.0154. The van der Waals surface area contributed by atoms with Crippen LogP contribution in [0, 0.1) is 0 Å². The maximum Gasteiger partial charge on any atom is 0.407 e. The van der Waals surface area contributed by atoms with Crippen LogP contribution in [-0.2, 0) is 11.3 Å². The van der Waals surface area contributed by atoms with E-state index >= 15 is 0 Å². The lowest BCUT2D eigenvalue weighted by Crippen LogP contribution is -2.50. The second kappa shape index (κ2) is 7.73. The lowest BCUT2D eigenvalue weighted by atomic mass is 10.1. The predicted molar refractivity (Wildman–Crippen MR) is 68.3 cm³/mol. The Bertz CT molecular complexity index is 382. The van der Waals surface area contributed by atoms with Crippen molar-refractivity contribution >= 4 is 6.09 Å². The van der Waals surface area contributed by atoms with Crippen molar-refractivity contribution in [1.29, 1.82) is 0 Å². The van der Waals surface area contributed by atoms with Crippen molar-refractivity contribution in [3.8, 4) is 0 Å². The minimum absolute atomic E-state index is 0.0929. The quantitative estimate of drug-likeness (QED) is 0.583. The highest BCUT2D eigenvalue weighted by Crippen LogP contribution is 2.03. The molecule has 0 aromatic heterocycles. The Balaban J connectivity index is 2.41. The standard InChI is InChI=1S/C13H19NO5/c1-9(16)12(17)11(7-15)14-13(18)19-8-10-5-3-2-4-6-10/h2-6,9,11-12,15-17H,7-8H2,1H3,(H,14,18)/t9-,11+,12-/m1/s1. The van der Waals surface area contributed by atoms with Gasteiger partial charge in [-0.2, -0.15) is 0 Å². The number of aliphatic hydroxyl groups excluding tert-OH is 3. The highest BCUT2D eigenvalue weighted by molar-refractivity contribution is 5.67. The van der Waals surface area contributed by atoms with E-state index in [1.807, 2.05) is 18.2 Å². The first-order valence-corrected chi connectivity index (χ1v) is 5.98. The number of carbonyl (C=O) groups is 1. The third-order valence-electron chi connectivity index (χ3n) is 2.62. The minimum Gasteiger partial charge on any atom is -0.445 e. The molecule has 0 spiro atoms. The lowest BCUT2D eigenvalue weighted by Gasteiger charge is -2.23. The molecule has 19 heavy (non-hydrogen) atoms. The Labute approximate surface area is 111 Å². The monoisotopic (exact) mass is 269 g/mol. The Morgan fingerprint density at radius 3 is 2.47 bits per heavy atom. The van der Waals surface area contributed by atoms with Crippen LogP contribution < -0.4 is 5.32 Å². The molecule has 0 aliphatic rings. The zero-order valence-corrected chi connectivity index (χ0v) is 10.7. The molecule has 1 rings (SSSR count). The van der Waals surface area contributed by atoms with Gasteiger partial charge in [-0.15, -0.1) is 0 Å². The molecule has 0 aliphatic carbocycles. The second-order valence-corrected chi connectivity index (χ2v) is 4.23. The van der Waals surface area contributed by atoms with E-state index in [9.17, 15) is 15.0 Å². The molecule has 6 nitrogen and oxygen atoms in total. The molecule has 1 aromatic carbocycles. The fourth-order valence-electron chi connectivity index (χ4n) is 1.49. The van der Waals surface area contributed by atoms with Crippen LogP contribution in [-0.4, -0.2) is 46.3 Å². The number of hydrogen-bond donors (Lipinski definition) is 4. The number of aliphatic hydroxyl groups is 3. The van der Waals surface area contributed by atoms with Gasteiger partial charge in [-0.25, -0.2) is 4.79 Å². The first-order valence-electron chi connectivity index (χ1n) is 5.98. The topological polar surface area (TPSA) is 99.0 Å². The summed E-state index contributed by atoms with van der Waals surface area (Å²) in [6.45, 7) is 0.965. The van der Waals surface area contributed by atoms with Crippen molar-refractivity contribution in [2.24, 2.45) is 0 Å². The van der Waals surface area contributed by atoms with E-state index in [1.165, 1.54) is 6.92 Å². The number of rotatable bonds is 6. The summed E-state index contributed by atoms with van der Waals surface area (Å²) in [7, 11) is 0. The molecule has 4 N–H and O–H groups in total. The van der Waals surface area contributed by atoms with E-state index in [0.29, 0.717) is 0 Å². The highest BCUT2D eigenvalue weighted by atomic mass is 16.5. The molecule has 0 saturated heterocycles. The lowest BCUT2D eigenvalue weighted by molar-refractivity contribution is -0.00742. The molecule has 1 amide bonds. The summed E-state index contributed by atoms with van der Waals surface area (Å²) in [5.41, 5.74) is 0.828. The molecule has 0 saturated carbocycles. The summed E-state index contributed by atoms with van der Waals surface area (Å²) in [6.07, 6.45) is -3.08. The number of alkyl carbamates (subject to hydrolysis) is 1. The third kappa shape index (κ3) is 5.25. The normalized spacial score (nSPS) is 15.4. The van der Waals surface area contributed by atoms with Crippen molar-refractivity contribution in [3.05, 3.63) is 35.9 Å². The smallest absolute Gasteiger partial charge is 0.407 e. The summed E-state index contributed by atoms with van der Waals surface area (Å²) < 4.78 is 4.94. The van der Waals surface area contributed by atoms with Crippen LogP contribution in [0.1, 0.15) is 12.5 Å². The van der Waals surface area contributed by atoms with E-state index in [1.54, 1.807) is 12.1 Å². The average molecular weight is 269 g/mol. The van der Waals surface area contributed by atoms with Crippen molar-refractivity contribution in [1.82, 2.24) is 5.32 Å². The maximum absolute atomic E-state index is 11.5. The molecule has 6 heteroatoms. The first kappa shape index (κ1) is 15.4. The van der Waals surface area contributed by atoms with E-state index in [2.05, 4.69) is 5.32 Å². The zero-order chi connectivity index (χ0) is 14.3. The number of amides is 1. The average Bonchev–Trinajstić information content (AvgIpc) is 2.42. The Kier molecular flexibility index (Phi) is 6.27. The summed E-state index contributed by atoms with van der Waals surface area (Å²) >= 11 is 0. The fourth-order valence-corrected chi connectivity index (χ4v) is 1.49. The summed E-state index contributed by atoms with van der Waals surface area (Å²) in [5.74, 6) is 0. The van der Waals surface area contributed by atoms with Gasteiger partial charge in [0.15, 0.2) is 0 Å². The van der Waals surface area contributed by atoms with Gasteiger partial charge < -0.3 is 25.4 Å². The Morgan fingerprint density at radius 1 is 1.32 bits per heavy atom. The van der Waals surface area contributed by atoms with Crippen molar-refractivity contribution in [2.45, 2.75) is 31.8 Å². The van der Waals surface area contributed by atoms with Crippen LogP contribution >= 0.6 is 0 Å². The molecule has 0 heterocycles. The Morgan fingerprint density at radius 2 is 1.95 bits per heavy atom. The molecule has 3 atom stereocenters. The molecule has 0 radical (unpaired) electrons. The van der Waals surface area contributed by atoms with Crippen LogP contribution in [0.15, 0.2) is 30.3 Å². The first-order chi connectivity index (χ1) is 9.04. The van der Waals surface area contributed by atoms with Gasteiger partial charge in [0.2, 0.25) is 0 Å². The van der Waals surface area contributed by atoms with Crippen LogP contribution in [0.3, 0.4) is 0 Å². The van der Waals surface area contributed by atoms with Crippen molar-refractivity contribution in [2.75, 3.05) is 6.61 Å². The van der Waals surface area contributed by atoms with Gasteiger partial charge >= 0.3 is 6.09 Å². The SMILES string of the molecule is C[C@@H](O)[C@@H](O)[C@H](CO)NC(=O)OCc1ccccc1. The maximum atomic E-state index is 11.5. The van der Waals surface area contributed by atoms with Crippen molar-refractivity contribution < 1.29 is 24.9 Å². The largest absolute Gasteiger partial charge is 0.445 e. The molecule has 106 valence electrons. The van der Waals surface area contributed by atoms with E-state index in [4.69, 9.17) is 9.84 Å². The molecule has 0 bridgehead atoms. The minimum atomic E-state index is -1.26. The van der Waals surface area contributed by atoms with Crippen LogP contribution in [0.4, 0.5) is 4.79 Å². The van der Waals surface area contributed by atoms with E-state index in [0.717, 1.165) is 5.56 Å². The van der Waals surface area contributed by atoms with Gasteiger partial charge in [-0.1, -0.05) is 30.3 Å². The number of benzene rings is 1. The highest BCUT2D eigenvalue weighted by Gasteiger charge is 2.24. The molecule has 0 unspecified atom stereocenters. The number of carbonyl (C=O) groups excluding carboxylic acids is 1.